The molecule has 0 spiro atoms. The molecule has 2 amide bonds. The first-order valence-electron chi connectivity index (χ1n) is 10.4. The van der Waals surface area contributed by atoms with E-state index < -0.39 is 6.04 Å². The molecule has 29 heavy (non-hydrogen) atoms. The molecule has 1 saturated carbocycles. The van der Waals surface area contributed by atoms with Crippen LogP contribution in [0.5, 0.6) is 0 Å². The zero-order valence-corrected chi connectivity index (χ0v) is 16.9. The van der Waals surface area contributed by atoms with Gasteiger partial charge in [-0.25, -0.2) is 4.39 Å². The first kappa shape index (κ1) is 21.0. The SMILES string of the molecule is C[C@H](C(=O)NC1CCCC1)N(CCc1ccccc1)C(=O)Cc1ccc(F)cc1. The van der Waals surface area contributed by atoms with E-state index in [9.17, 15) is 14.0 Å². The standard InChI is InChI=1S/C24H29FN2O2/c1-18(24(29)26-22-9-5-6-10-22)27(16-15-19-7-3-2-4-8-19)23(28)17-20-11-13-21(25)14-12-20/h2-4,7-8,11-14,18,22H,5-6,9-10,15-17H2,1H3,(H,26,29)/t18-/m1/s1. The van der Waals surface area contributed by atoms with Gasteiger partial charge in [0.15, 0.2) is 0 Å². The molecule has 4 nitrogen and oxygen atoms in total. The molecule has 0 saturated heterocycles. The fourth-order valence-electron chi connectivity index (χ4n) is 3.84. The van der Waals surface area contributed by atoms with Crippen LogP contribution >= 0.6 is 0 Å². The minimum absolute atomic E-state index is 0.0996. The van der Waals surface area contributed by atoms with Gasteiger partial charge < -0.3 is 10.2 Å². The smallest absolute Gasteiger partial charge is 0.242 e. The molecule has 1 aliphatic carbocycles. The summed E-state index contributed by atoms with van der Waals surface area (Å²) in [5.41, 5.74) is 1.86. The summed E-state index contributed by atoms with van der Waals surface area (Å²) in [7, 11) is 0. The van der Waals surface area contributed by atoms with Crippen LogP contribution in [-0.2, 0) is 22.4 Å². The summed E-state index contributed by atoms with van der Waals surface area (Å²) in [4.78, 5) is 27.5. The minimum atomic E-state index is -0.549. The van der Waals surface area contributed by atoms with E-state index in [-0.39, 0.29) is 30.1 Å². The molecule has 0 bridgehead atoms. The van der Waals surface area contributed by atoms with Gasteiger partial charge in [-0.05, 0) is 49.4 Å². The van der Waals surface area contributed by atoms with Crippen LogP contribution in [0.15, 0.2) is 54.6 Å². The van der Waals surface area contributed by atoms with E-state index in [2.05, 4.69) is 5.32 Å². The molecular weight excluding hydrogens is 367 g/mol. The van der Waals surface area contributed by atoms with Gasteiger partial charge in [0.2, 0.25) is 11.8 Å². The summed E-state index contributed by atoms with van der Waals surface area (Å²) in [6.45, 7) is 2.25. The molecule has 1 N–H and O–H groups in total. The largest absolute Gasteiger partial charge is 0.352 e. The topological polar surface area (TPSA) is 49.4 Å². The summed E-state index contributed by atoms with van der Waals surface area (Å²) in [5.74, 6) is -0.550. The molecule has 1 atom stereocenters. The number of carbonyl (C=O) groups is 2. The molecular formula is C24H29FN2O2. The van der Waals surface area contributed by atoms with Crippen LogP contribution in [0, 0.1) is 5.82 Å². The van der Waals surface area contributed by atoms with Crippen molar-refractivity contribution in [3.8, 4) is 0 Å². The number of carbonyl (C=O) groups excluding carboxylic acids is 2. The first-order chi connectivity index (χ1) is 14.0. The highest BCUT2D eigenvalue weighted by atomic mass is 19.1. The van der Waals surface area contributed by atoms with Crippen LogP contribution < -0.4 is 5.32 Å². The van der Waals surface area contributed by atoms with Crippen molar-refractivity contribution in [2.24, 2.45) is 0 Å². The van der Waals surface area contributed by atoms with Crippen LogP contribution in [-0.4, -0.2) is 35.3 Å². The number of benzene rings is 2. The number of nitrogens with one attached hydrogen (secondary N) is 1. The average molecular weight is 397 g/mol. The third kappa shape index (κ3) is 6.14. The zero-order valence-electron chi connectivity index (χ0n) is 16.9. The summed E-state index contributed by atoms with van der Waals surface area (Å²) >= 11 is 0. The third-order valence-electron chi connectivity index (χ3n) is 5.62. The Labute approximate surface area is 172 Å². The first-order valence-corrected chi connectivity index (χ1v) is 10.4. The second-order valence-electron chi connectivity index (χ2n) is 7.79. The number of halogens is 1. The molecule has 2 aromatic rings. The van der Waals surface area contributed by atoms with Gasteiger partial charge in [0.1, 0.15) is 11.9 Å². The van der Waals surface area contributed by atoms with Crippen molar-refractivity contribution in [2.45, 2.75) is 57.5 Å². The fraction of sp³-hybridized carbons (Fsp3) is 0.417. The van der Waals surface area contributed by atoms with E-state index in [0.29, 0.717) is 13.0 Å². The van der Waals surface area contributed by atoms with Gasteiger partial charge in [-0.3, -0.25) is 9.59 Å². The Balaban J connectivity index is 1.69. The summed E-state index contributed by atoms with van der Waals surface area (Å²) in [6.07, 6.45) is 5.12. The van der Waals surface area contributed by atoms with Crippen LogP contribution in [0.1, 0.15) is 43.7 Å². The van der Waals surface area contributed by atoms with Gasteiger partial charge in [0.25, 0.3) is 0 Å². The van der Waals surface area contributed by atoms with Crippen molar-refractivity contribution in [1.29, 1.82) is 0 Å². The third-order valence-corrected chi connectivity index (χ3v) is 5.62. The fourth-order valence-corrected chi connectivity index (χ4v) is 3.84. The average Bonchev–Trinajstić information content (AvgIpc) is 3.23. The van der Waals surface area contributed by atoms with Crippen molar-refractivity contribution in [3.05, 3.63) is 71.5 Å². The van der Waals surface area contributed by atoms with Crippen LogP contribution in [0.2, 0.25) is 0 Å². The van der Waals surface area contributed by atoms with E-state index in [1.165, 1.54) is 12.1 Å². The van der Waals surface area contributed by atoms with Crippen LogP contribution in [0.4, 0.5) is 4.39 Å². The number of amides is 2. The number of rotatable bonds is 8. The monoisotopic (exact) mass is 396 g/mol. The van der Waals surface area contributed by atoms with Gasteiger partial charge in [-0.2, -0.15) is 0 Å². The predicted octanol–water partition coefficient (Wildman–Crippen LogP) is 3.89. The van der Waals surface area contributed by atoms with E-state index in [1.807, 2.05) is 30.3 Å². The predicted molar refractivity (Wildman–Crippen MR) is 112 cm³/mol. The molecule has 154 valence electrons. The van der Waals surface area contributed by atoms with Crippen LogP contribution in [0.3, 0.4) is 0 Å². The lowest BCUT2D eigenvalue weighted by molar-refractivity contribution is -0.139. The Morgan fingerprint density at radius 3 is 2.34 bits per heavy atom. The molecule has 0 aromatic heterocycles. The maximum atomic E-state index is 13.2. The van der Waals surface area contributed by atoms with Crippen molar-refractivity contribution >= 4 is 11.8 Å². The Bertz CT molecular complexity index is 801. The minimum Gasteiger partial charge on any atom is -0.352 e. The van der Waals surface area contributed by atoms with Crippen molar-refractivity contribution < 1.29 is 14.0 Å². The number of hydrogen-bond acceptors (Lipinski definition) is 2. The lowest BCUT2D eigenvalue weighted by atomic mass is 10.1. The number of hydrogen-bond donors (Lipinski definition) is 1. The normalized spacial score (nSPS) is 15.1. The Kier molecular flexibility index (Phi) is 7.39. The maximum Gasteiger partial charge on any atom is 0.242 e. The van der Waals surface area contributed by atoms with Crippen molar-refractivity contribution in [2.75, 3.05) is 6.54 Å². The van der Waals surface area contributed by atoms with E-state index in [4.69, 9.17) is 0 Å². The second-order valence-corrected chi connectivity index (χ2v) is 7.79. The van der Waals surface area contributed by atoms with Gasteiger partial charge in [-0.1, -0.05) is 55.3 Å². The molecule has 5 heteroatoms. The van der Waals surface area contributed by atoms with Crippen molar-refractivity contribution in [3.63, 3.8) is 0 Å². The molecule has 1 aliphatic rings. The maximum absolute atomic E-state index is 13.2. The van der Waals surface area contributed by atoms with E-state index >= 15 is 0 Å². The summed E-state index contributed by atoms with van der Waals surface area (Å²) in [5, 5.41) is 3.10. The van der Waals surface area contributed by atoms with Gasteiger partial charge in [0.05, 0.1) is 6.42 Å². The lowest BCUT2D eigenvalue weighted by Crippen LogP contribution is -2.51. The molecule has 3 rings (SSSR count). The molecule has 2 aromatic carbocycles. The van der Waals surface area contributed by atoms with Crippen LogP contribution in [0.25, 0.3) is 0 Å². The highest BCUT2D eigenvalue weighted by Gasteiger charge is 2.28. The van der Waals surface area contributed by atoms with Crippen molar-refractivity contribution in [1.82, 2.24) is 10.2 Å². The second kappa shape index (κ2) is 10.2. The molecule has 0 unspecified atom stereocenters. The Hall–Kier alpha value is -2.69. The zero-order chi connectivity index (χ0) is 20.6. The number of nitrogens with zero attached hydrogens (tertiary/aromatic N) is 1. The quantitative estimate of drug-likeness (QED) is 0.736. The van der Waals surface area contributed by atoms with Gasteiger partial charge in [0, 0.05) is 12.6 Å². The molecule has 1 fully saturated rings. The van der Waals surface area contributed by atoms with Gasteiger partial charge in [-0.15, -0.1) is 0 Å². The van der Waals surface area contributed by atoms with Gasteiger partial charge >= 0.3 is 0 Å². The molecule has 0 radical (unpaired) electrons. The molecule has 0 heterocycles. The Morgan fingerprint density at radius 1 is 1.03 bits per heavy atom. The van der Waals surface area contributed by atoms with E-state index in [1.54, 1.807) is 24.0 Å². The summed E-state index contributed by atoms with van der Waals surface area (Å²) in [6, 6.07) is 15.5. The molecule has 0 aliphatic heterocycles. The van der Waals surface area contributed by atoms with E-state index in [0.717, 1.165) is 36.8 Å². The highest BCUT2D eigenvalue weighted by Crippen LogP contribution is 2.18. The highest BCUT2D eigenvalue weighted by molar-refractivity contribution is 5.88. The summed E-state index contributed by atoms with van der Waals surface area (Å²) < 4.78 is 13.2. The lowest BCUT2D eigenvalue weighted by Gasteiger charge is -2.30. The Morgan fingerprint density at radius 2 is 1.69 bits per heavy atom.